The predicted octanol–water partition coefficient (Wildman–Crippen LogP) is 1.85. The van der Waals surface area contributed by atoms with Crippen LogP contribution in [-0.4, -0.2) is 67.2 Å². The Morgan fingerprint density at radius 2 is 1.68 bits per heavy atom. The Hall–Kier alpha value is -2.86. The molecule has 0 aliphatic carbocycles. The first-order valence-electron chi connectivity index (χ1n) is 13.8. The van der Waals surface area contributed by atoms with Gasteiger partial charge in [0.05, 0.1) is 19.3 Å². The van der Waals surface area contributed by atoms with Gasteiger partial charge >= 0.3 is 5.69 Å². The third-order valence-electron chi connectivity index (χ3n) is 7.85. The van der Waals surface area contributed by atoms with Gasteiger partial charge in [0.1, 0.15) is 18.3 Å². The minimum absolute atomic E-state index is 0.0864. The Morgan fingerprint density at radius 3 is 2.23 bits per heavy atom. The van der Waals surface area contributed by atoms with Gasteiger partial charge in [-0.1, -0.05) is 81.4 Å². The van der Waals surface area contributed by atoms with E-state index < -0.39 is 44.1 Å². The summed E-state index contributed by atoms with van der Waals surface area (Å²) in [6.45, 7) is 9.22. The van der Waals surface area contributed by atoms with Crippen LogP contribution in [0, 0.1) is 6.92 Å². The summed E-state index contributed by atoms with van der Waals surface area (Å²) in [7, 11) is -2.90. The van der Waals surface area contributed by atoms with Crippen molar-refractivity contribution in [3.63, 3.8) is 0 Å². The number of rotatable bonds is 8. The molecular formula is C30H38N2O7Si. The van der Waals surface area contributed by atoms with Gasteiger partial charge in [-0.2, -0.15) is 0 Å². The Morgan fingerprint density at radius 1 is 1.05 bits per heavy atom. The van der Waals surface area contributed by atoms with Crippen molar-refractivity contribution in [2.75, 3.05) is 19.8 Å². The number of aromatic nitrogens is 2. The molecule has 2 aromatic carbocycles. The highest BCUT2D eigenvalue weighted by molar-refractivity contribution is 6.99. The van der Waals surface area contributed by atoms with E-state index in [1.54, 1.807) is 6.92 Å². The average molecular weight is 567 g/mol. The van der Waals surface area contributed by atoms with Crippen molar-refractivity contribution in [1.29, 1.82) is 0 Å². The van der Waals surface area contributed by atoms with E-state index in [1.165, 1.54) is 10.8 Å². The minimum atomic E-state index is -2.90. The average Bonchev–Trinajstić information content (AvgIpc) is 3.56. The van der Waals surface area contributed by atoms with E-state index in [1.807, 2.05) is 36.4 Å². The van der Waals surface area contributed by atoms with Crippen LogP contribution in [0.3, 0.4) is 0 Å². The molecular weight excluding hydrogens is 528 g/mol. The molecule has 0 unspecified atom stereocenters. The Labute approximate surface area is 234 Å². The molecule has 3 heterocycles. The van der Waals surface area contributed by atoms with Crippen LogP contribution in [0.4, 0.5) is 0 Å². The van der Waals surface area contributed by atoms with E-state index >= 15 is 0 Å². The van der Waals surface area contributed by atoms with Crippen molar-refractivity contribution >= 4 is 18.7 Å². The fraction of sp³-hybridized carbons (Fsp3) is 0.467. The quantitative estimate of drug-likeness (QED) is 0.401. The van der Waals surface area contributed by atoms with Crippen molar-refractivity contribution in [1.82, 2.24) is 9.55 Å². The monoisotopic (exact) mass is 566 g/mol. The largest absolute Gasteiger partial charge is 0.405 e. The summed E-state index contributed by atoms with van der Waals surface area (Å²) < 4.78 is 26.4. The zero-order valence-corrected chi connectivity index (χ0v) is 24.4. The maximum absolute atomic E-state index is 12.8. The second-order valence-electron chi connectivity index (χ2n) is 11.6. The van der Waals surface area contributed by atoms with Gasteiger partial charge in [0, 0.05) is 18.4 Å². The second-order valence-corrected chi connectivity index (χ2v) is 15.9. The normalized spacial score (nSPS) is 25.4. The van der Waals surface area contributed by atoms with Gasteiger partial charge in [0.2, 0.25) is 0 Å². The zero-order valence-electron chi connectivity index (χ0n) is 23.4. The molecule has 3 aromatic rings. The molecule has 2 fully saturated rings. The summed E-state index contributed by atoms with van der Waals surface area (Å²) in [5.74, 6) is 0. The molecule has 214 valence electrons. The SMILES string of the molecule is Cc1cn([C@@H]2O[C@H](CO[Si](c3ccccc3)(c3ccccc3)C(C)(C)C)[C@@H](O)[C@H]2O[C@@H]2CCOC2)c(=O)[nH]c1=O. The van der Waals surface area contributed by atoms with Crippen molar-refractivity contribution in [3.05, 3.63) is 93.3 Å². The maximum atomic E-state index is 12.8. The topological polar surface area (TPSA) is 112 Å². The van der Waals surface area contributed by atoms with E-state index in [0.717, 1.165) is 10.4 Å². The first-order chi connectivity index (χ1) is 19.1. The number of hydrogen-bond acceptors (Lipinski definition) is 7. The number of aliphatic hydroxyl groups is 1. The van der Waals surface area contributed by atoms with Crippen LogP contribution in [0.25, 0.3) is 0 Å². The Balaban J connectivity index is 1.50. The maximum Gasteiger partial charge on any atom is 0.330 e. The molecule has 2 saturated heterocycles. The van der Waals surface area contributed by atoms with E-state index in [4.69, 9.17) is 18.6 Å². The van der Waals surface area contributed by atoms with Gasteiger partial charge in [-0.15, -0.1) is 0 Å². The summed E-state index contributed by atoms with van der Waals surface area (Å²) in [5, 5.41) is 13.5. The molecule has 0 amide bonds. The van der Waals surface area contributed by atoms with Gasteiger partial charge in [-0.25, -0.2) is 4.79 Å². The molecule has 10 heteroatoms. The highest BCUT2D eigenvalue weighted by Gasteiger charge is 2.53. The molecule has 1 aromatic heterocycles. The Bertz CT molecular complexity index is 1360. The lowest BCUT2D eigenvalue weighted by Gasteiger charge is -2.43. The van der Waals surface area contributed by atoms with E-state index in [-0.39, 0.29) is 17.7 Å². The van der Waals surface area contributed by atoms with Crippen LogP contribution in [0.5, 0.6) is 0 Å². The smallest absolute Gasteiger partial charge is 0.330 e. The number of nitrogens with zero attached hydrogens (tertiary/aromatic N) is 1. The van der Waals surface area contributed by atoms with Crippen LogP contribution in [0.2, 0.25) is 5.04 Å². The molecule has 0 radical (unpaired) electrons. The molecule has 40 heavy (non-hydrogen) atoms. The van der Waals surface area contributed by atoms with Gasteiger partial charge in [-0.05, 0) is 28.8 Å². The first-order valence-corrected chi connectivity index (χ1v) is 15.7. The number of hydrogen-bond donors (Lipinski definition) is 2. The summed E-state index contributed by atoms with van der Waals surface area (Å²) in [6, 6.07) is 20.5. The van der Waals surface area contributed by atoms with E-state index in [2.05, 4.69) is 50.0 Å². The fourth-order valence-electron chi connectivity index (χ4n) is 5.81. The molecule has 2 aliphatic heterocycles. The van der Waals surface area contributed by atoms with Gasteiger partial charge in [0.25, 0.3) is 13.9 Å². The standard InChI is InChI=1S/C30H38N2O7Si/c1-20-17-32(29(35)31-27(20)34)28-26(38-21-15-16-36-18-21)25(33)24(39-28)19-37-40(30(2,3)4,22-11-7-5-8-12-22)23-13-9-6-10-14-23/h5-14,17,21,24-26,28,33H,15-16,18-19H2,1-4H3,(H,31,34,35)/t21-,24-,25-,26-,28-/m1/s1. The van der Waals surface area contributed by atoms with E-state index in [0.29, 0.717) is 25.2 Å². The van der Waals surface area contributed by atoms with E-state index in [9.17, 15) is 14.7 Å². The van der Waals surface area contributed by atoms with Gasteiger partial charge < -0.3 is 23.7 Å². The minimum Gasteiger partial charge on any atom is -0.405 e. The molecule has 5 rings (SSSR count). The summed E-state index contributed by atoms with van der Waals surface area (Å²) in [4.78, 5) is 27.2. The van der Waals surface area contributed by atoms with Crippen LogP contribution in [-0.2, 0) is 18.6 Å². The Kier molecular flexibility index (Phi) is 8.28. The molecule has 0 spiro atoms. The predicted molar refractivity (Wildman–Crippen MR) is 154 cm³/mol. The molecule has 2 aliphatic rings. The highest BCUT2D eigenvalue weighted by Crippen LogP contribution is 2.39. The number of aliphatic hydroxyl groups excluding tert-OH is 1. The van der Waals surface area contributed by atoms with Crippen molar-refractivity contribution < 1.29 is 23.7 Å². The number of ether oxygens (including phenoxy) is 3. The van der Waals surface area contributed by atoms with Crippen LogP contribution >= 0.6 is 0 Å². The number of aromatic amines is 1. The molecule has 0 saturated carbocycles. The second kappa shape index (κ2) is 11.6. The summed E-state index contributed by atoms with van der Waals surface area (Å²) in [5.41, 5.74) is -0.738. The van der Waals surface area contributed by atoms with Crippen molar-refractivity contribution in [2.24, 2.45) is 0 Å². The lowest BCUT2D eigenvalue weighted by Crippen LogP contribution is -2.67. The lowest BCUT2D eigenvalue weighted by atomic mass is 10.1. The van der Waals surface area contributed by atoms with Gasteiger partial charge in [-0.3, -0.25) is 14.3 Å². The molecule has 0 bridgehead atoms. The zero-order chi connectivity index (χ0) is 28.5. The number of benzene rings is 2. The number of nitrogens with one attached hydrogen (secondary N) is 1. The summed E-state index contributed by atoms with van der Waals surface area (Å²) >= 11 is 0. The molecule has 5 atom stereocenters. The van der Waals surface area contributed by atoms with Gasteiger partial charge in [0.15, 0.2) is 6.23 Å². The summed E-state index contributed by atoms with van der Waals surface area (Å²) in [6.07, 6.45) is -1.78. The number of H-pyrrole nitrogens is 1. The van der Waals surface area contributed by atoms with Crippen LogP contribution in [0.1, 0.15) is 39.0 Å². The van der Waals surface area contributed by atoms with Crippen LogP contribution < -0.4 is 21.6 Å². The first kappa shape index (κ1) is 28.7. The molecule has 9 nitrogen and oxygen atoms in total. The highest BCUT2D eigenvalue weighted by atomic mass is 28.4. The lowest BCUT2D eigenvalue weighted by molar-refractivity contribution is -0.102. The third kappa shape index (κ3) is 5.39. The third-order valence-corrected chi connectivity index (χ3v) is 12.9. The van der Waals surface area contributed by atoms with Crippen molar-refractivity contribution in [2.45, 2.75) is 69.8 Å². The number of aryl methyl sites for hydroxylation is 1. The van der Waals surface area contributed by atoms with Crippen molar-refractivity contribution in [3.8, 4) is 0 Å². The fourth-order valence-corrected chi connectivity index (χ4v) is 10.4. The van der Waals surface area contributed by atoms with Crippen LogP contribution in [0.15, 0.2) is 76.4 Å². The molecule has 2 N–H and O–H groups in total.